The molecule has 2 aromatic rings. The van der Waals surface area contributed by atoms with Gasteiger partial charge < -0.3 is 16.4 Å². The van der Waals surface area contributed by atoms with Crippen molar-refractivity contribution in [1.29, 1.82) is 0 Å². The fourth-order valence-corrected chi connectivity index (χ4v) is 2.14. The van der Waals surface area contributed by atoms with Crippen molar-refractivity contribution in [3.8, 4) is 0 Å². The highest BCUT2D eigenvalue weighted by atomic mass is 127. The molecule has 7 heteroatoms. The number of aliphatic imine (C=N–C) groups is 1. The van der Waals surface area contributed by atoms with Gasteiger partial charge in [-0.15, -0.1) is 24.0 Å². The van der Waals surface area contributed by atoms with Gasteiger partial charge in [0.25, 0.3) is 5.91 Å². The predicted octanol–water partition coefficient (Wildman–Crippen LogP) is 3.16. The molecule has 0 saturated heterocycles. The van der Waals surface area contributed by atoms with Crippen molar-refractivity contribution in [2.75, 3.05) is 18.4 Å². The fourth-order valence-electron chi connectivity index (χ4n) is 2.14. The summed E-state index contributed by atoms with van der Waals surface area (Å²) in [7, 11) is 0. The maximum Gasteiger partial charge on any atom is 0.254 e. The largest absolute Gasteiger partial charge is 0.370 e. The molecule has 0 aliphatic rings. The maximum absolute atomic E-state index is 13.5. The van der Waals surface area contributed by atoms with Crippen molar-refractivity contribution >= 4 is 41.5 Å². The first-order chi connectivity index (χ1) is 11.6. The van der Waals surface area contributed by atoms with Crippen molar-refractivity contribution < 1.29 is 9.18 Å². The van der Waals surface area contributed by atoms with Crippen LogP contribution in [0.5, 0.6) is 0 Å². The standard InChI is InChI=1S/C18H21FN4O.HI/c1-2-13-6-5-7-14(12-13)23-18(20)22-11-10-21-17(24)15-8-3-4-9-16(15)19;/h3-9,12H,2,10-11H2,1H3,(H,21,24)(H3,20,22,23);1H. The lowest BCUT2D eigenvalue weighted by Gasteiger charge is -2.08. The molecule has 0 radical (unpaired) electrons. The van der Waals surface area contributed by atoms with Crippen molar-refractivity contribution in [2.24, 2.45) is 10.7 Å². The molecule has 4 N–H and O–H groups in total. The van der Waals surface area contributed by atoms with E-state index < -0.39 is 11.7 Å². The van der Waals surface area contributed by atoms with Gasteiger partial charge >= 0.3 is 0 Å². The number of guanidine groups is 1. The Morgan fingerprint density at radius 1 is 1.20 bits per heavy atom. The summed E-state index contributed by atoms with van der Waals surface area (Å²) in [6, 6.07) is 13.7. The number of carbonyl (C=O) groups is 1. The first-order valence-electron chi connectivity index (χ1n) is 7.78. The van der Waals surface area contributed by atoms with Crippen LogP contribution in [0.2, 0.25) is 0 Å². The van der Waals surface area contributed by atoms with Gasteiger partial charge in [0.05, 0.1) is 12.1 Å². The minimum atomic E-state index is -0.546. The molecule has 0 spiro atoms. The zero-order chi connectivity index (χ0) is 17.4. The highest BCUT2D eigenvalue weighted by Gasteiger charge is 2.09. The number of amides is 1. The van der Waals surface area contributed by atoms with Gasteiger partial charge in [0.1, 0.15) is 5.82 Å². The van der Waals surface area contributed by atoms with Gasteiger partial charge in [-0.25, -0.2) is 4.39 Å². The Morgan fingerprint density at radius 3 is 2.68 bits per heavy atom. The quantitative estimate of drug-likeness (QED) is 0.271. The van der Waals surface area contributed by atoms with Crippen LogP contribution in [0.25, 0.3) is 0 Å². The molecule has 2 aromatic carbocycles. The van der Waals surface area contributed by atoms with Crippen molar-refractivity contribution in [1.82, 2.24) is 5.32 Å². The molecule has 25 heavy (non-hydrogen) atoms. The van der Waals surface area contributed by atoms with Crippen LogP contribution < -0.4 is 16.4 Å². The Balaban J connectivity index is 0.00000312. The van der Waals surface area contributed by atoms with E-state index in [0.29, 0.717) is 6.54 Å². The third-order valence-corrected chi connectivity index (χ3v) is 3.41. The van der Waals surface area contributed by atoms with Gasteiger partial charge in [-0.1, -0.05) is 31.2 Å². The van der Waals surface area contributed by atoms with Gasteiger partial charge in [-0.3, -0.25) is 9.79 Å². The van der Waals surface area contributed by atoms with E-state index in [1.54, 1.807) is 6.07 Å². The number of halogens is 2. The molecular formula is C18H22FIN4O. The second-order valence-corrected chi connectivity index (χ2v) is 5.18. The number of nitrogens with zero attached hydrogens (tertiary/aromatic N) is 1. The Bertz CT molecular complexity index is 737. The molecule has 0 aliphatic carbocycles. The molecule has 134 valence electrons. The molecule has 2 rings (SSSR count). The Labute approximate surface area is 163 Å². The van der Waals surface area contributed by atoms with E-state index in [4.69, 9.17) is 5.73 Å². The lowest BCUT2D eigenvalue weighted by Crippen LogP contribution is -2.29. The van der Waals surface area contributed by atoms with Gasteiger partial charge in [-0.2, -0.15) is 0 Å². The summed E-state index contributed by atoms with van der Waals surface area (Å²) in [6.45, 7) is 2.64. The van der Waals surface area contributed by atoms with E-state index in [1.165, 1.54) is 23.8 Å². The van der Waals surface area contributed by atoms with Gasteiger partial charge in [0, 0.05) is 12.2 Å². The number of carbonyl (C=O) groups excluding carboxylic acids is 1. The number of rotatable bonds is 6. The monoisotopic (exact) mass is 456 g/mol. The van der Waals surface area contributed by atoms with Gasteiger partial charge in [0.2, 0.25) is 0 Å². The molecule has 0 aliphatic heterocycles. The van der Waals surface area contributed by atoms with E-state index in [-0.39, 0.29) is 42.0 Å². The molecule has 0 unspecified atom stereocenters. The van der Waals surface area contributed by atoms with E-state index in [0.717, 1.165) is 12.1 Å². The summed E-state index contributed by atoms with van der Waals surface area (Å²) in [5.74, 6) is -0.746. The third kappa shape index (κ3) is 6.69. The number of hydrogen-bond acceptors (Lipinski definition) is 2. The predicted molar refractivity (Wildman–Crippen MR) is 110 cm³/mol. The molecule has 1 amide bonds. The smallest absolute Gasteiger partial charge is 0.254 e. The average molecular weight is 456 g/mol. The molecule has 0 saturated carbocycles. The first kappa shape index (κ1) is 20.9. The number of nitrogens with one attached hydrogen (secondary N) is 2. The second-order valence-electron chi connectivity index (χ2n) is 5.18. The highest BCUT2D eigenvalue weighted by molar-refractivity contribution is 14.0. The fraction of sp³-hybridized carbons (Fsp3) is 0.222. The molecule has 0 aromatic heterocycles. The molecular weight excluding hydrogens is 434 g/mol. The van der Waals surface area contributed by atoms with Crippen molar-refractivity contribution in [3.05, 3.63) is 65.5 Å². The lowest BCUT2D eigenvalue weighted by atomic mass is 10.1. The SMILES string of the molecule is CCc1cccc(NC(N)=NCCNC(=O)c2ccccc2F)c1.I. The Hall–Kier alpha value is -2.16. The molecule has 0 heterocycles. The van der Waals surface area contributed by atoms with E-state index >= 15 is 0 Å². The summed E-state index contributed by atoms with van der Waals surface area (Å²) in [6.07, 6.45) is 0.939. The molecule has 5 nitrogen and oxygen atoms in total. The summed E-state index contributed by atoms with van der Waals surface area (Å²) in [5, 5.41) is 5.61. The summed E-state index contributed by atoms with van der Waals surface area (Å²) < 4.78 is 13.5. The van der Waals surface area contributed by atoms with Crippen LogP contribution in [0.3, 0.4) is 0 Å². The van der Waals surface area contributed by atoms with Gasteiger partial charge in [0.15, 0.2) is 5.96 Å². The van der Waals surface area contributed by atoms with Crippen molar-refractivity contribution in [3.63, 3.8) is 0 Å². The summed E-state index contributed by atoms with van der Waals surface area (Å²) in [4.78, 5) is 16.0. The van der Waals surface area contributed by atoms with Crippen LogP contribution in [0.4, 0.5) is 10.1 Å². The Morgan fingerprint density at radius 2 is 1.96 bits per heavy atom. The summed E-state index contributed by atoms with van der Waals surface area (Å²) >= 11 is 0. The zero-order valence-corrected chi connectivity index (χ0v) is 16.3. The van der Waals surface area contributed by atoms with Crippen LogP contribution in [0.1, 0.15) is 22.8 Å². The van der Waals surface area contributed by atoms with Gasteiger partial charge in [-0.05, 0) is 36.2 Å². The molecule has 0 fully saturated rings. The number of anilines is 1. The van der Waals surface area contributed by atoms with Crippen LogP contribution in [-0.2, 0) is 6.42 Å². The number of benzene rings is 2. The average Bonchev–Trinajstić information content (AvgIpc) is 2.59. The maximum atomic E-state index is 13.5. The van der Waals surface area contributed by atoms with E-state index in [2.05, 4.69) is 22.5 Å². The van der Waals surface area contributed by atoms with E-state index in [1.807, 2.05) is 24.3 Å². The number of hydrogen-bond donors (Lipinski definition) is 3. The molecule has 0 bridgehead atoms. The zero-order valence-electron chi connectivity index (χ0n) is 14.0. The molecule has 0 atom stereocenters. The van der Waals surface area contributed by atoms with Crippen molar-refractivity contribution in [2.45, 2.75) is 13.3 Å². The van der Waals surface area contributed by atoms with Crippen LogP contribution in [0, 0.1) is 5.82 Å². The van der Waals surface area contributed by atoms with Crippen LogP contribution in [-0.4, -0.2) is 25.0 Å². The third-order valence-electron chi connectivity index (χ3n) is 3.41. The lowest BCUT2D eigenvalue weighted by molar-refractivity contribution is 0.0951. The highest BCUT2D eigenvalue weighted by Crippen LogP contribution is 2.10. The van der Waals surface area contributed by atoms with Crippen LogP contribution >= 0.6 is 24.0 Å². The number of nitrogens with two attached hydrogens (primary N) is 1. The second kappa shape index (κ2) is 10.7. The van der Waals surface area contributed by atoms with Crippen LogP contribution in [0.15, 0.2) is 53.5 Å². The number of aryl methyl sites for hydroxylation is 1. The summed E-state index contributed by atoms with van der Waals surface area (Å²) in [5.41, 5.74) is 7.90. The normalized spacial score (nSPS) is 10.7. The first-order valence-corrected chi connectivity index (χ1v) is 7.78. The minimum Gasteiger partial charge on any atom is -0.370 e. The van der Waals surface area contributed by atoms with E-state index in [9.17, 15) is 9.18 Å². The topological polar surface area (TPSA) is 79.5 Å². The minimum absolute atomic E-state index is 0. The Kier molecular flexibility index (Phi) is 8.90.